The third-order valence-corrected chi connectivity index (χ3v) is 9.09. The SMILES string of the molecule is CC1(C)OB(c2c(C=O)cccc2S(C)(C)CN2C(=O)c3ccccc3C2=O)OC1(C)C. The lowest BCUT2D eigenvalue weighted by molar-refractivity contribution is 0.00578. The summed E-state index contributed by atoms with van der Waals surface area (Å²) in [5.74, 6) is -0.321. The number of fused-ring (bicyclic) bond motifs is 1. The highest BCUT2D eigenvalue weighted by Gasteiger charge is 2.53. The number of aldehydes is 1. The molecule has 1 fully saturated rings. The Balaban J connectivity index is 1.73. The maximum absolute atomic E-state index is 13.0. The molecule has 168 valence electrons. The Morgan fingerprint density at radius 1 is 0.906 bits per heavy atom. The highest BCUT2D eigenvalue weighted by atomic mass is 32.3. The van der Waals surface area contributed by atoms with Gasteiger partial charge in [-0.15, -0.1) is 0 Å². The van der Waals surface area contributed by atoms with E-state index in [-0.39, 0.29) is 17.7 Å². The summed E-state index contributed by atoms with van der Waals surface area (Å²) in [6.07, 6.45) is 4.88. The molecule has 0 unspecified atom stereocenters. The lowest BCUT2D eigenvalue weighted by atomic mass is 9.76. The summed E-state index contributed by atoms with van der Waals surface area (Å²) in [6.45, 7) is 7.86. The van der Waals surface area contributed by atoms with Crippen molar-refractivity contribution in [2.75, 3.05) is 18.4 Å². The molecule has 4 rings (SSSR count). The minimum absolute atomic E-state index is 0.244. The van der Waals surface area contributed by atoms with Gasteiger partial charge < -0.3 is 9.31 Å². The smallest absolute Gasteiger partial charge is 0.399 e. The first-order chi connectivity index (χ1) is 14.9. The van der Waals surface area contributed by atoms with Crippen molar-refractivity contribution in [1.29, 1.82) is 0 Å². The number of rotatable bonds is 5. The normalized spacial score (nSPS) is 19.9. The first kappa shape index (κ1) is 22.8. The first-order valence-electron chi connectivity index (χ1n) is 10.5. The predicted molar refractivity (Wildman–Crippen MR) is 127 cm³/mol. The van der Waals surface area contributed by atoms with Gasteiger partial charge in [-0.2, -0.15) is 0 Å². The molecule has 8 heteroatoms. The molecule has 0 radical (unpaired) electrons. The van der Waals surface area contributed by atoms with Crippen LogP contribution in [0, 0.1) is 0 Å². The summed E-state index contributed by atoms with van der Waals surface area (Å²) < 4.78 is 12.6. The van der Waals surface area contributed by atoms with Crippen molar-refractivity contribution < 1.29 is 23.7 Å². The minimum atomic E-state index is -1.74. The van der Waals surface area contributed by atoms with Crippen LogP contribution in [0.5, 0.6) is 0 Å². The molecule has 2 aromatic rings. The summed E-state index contributed by atoms with van der Waals surface area (Å²) in [5.41, 5.74) is 0.905. The Morgan fingerprint density at radius 2 is 1.44 bits per heavy atom. The topological polar surface area (TPSA) is 72.9 Å². The van der Waals surface area contributed by atoms with Gasteiger partial charge in [0.2, 0.25) is 0 Å². The Kier molecular flexibility index (Phi) is 5.39. The highest BCUT2D eigenvalue weighted by Crippen LogP contribution is 2.51. The van der Waals surface area contributed by atoms with Gasteiger partial charge >= 0.3 is 7.12 Å². The van der Waals surface area contributed by atoms with Crippen LogP contribution in [0.3, 0.4) is 0 Å². The van der Waals surface area contributed by atoms with Crippen molar-refractivity contribution in [1.82, 2.24) is 4.90 Å². The van der Waals surface area contributed by atoms with E-state index >= 15 is 0 Å². The number of benzene rings is 2. The number of carbonyl (C=O) groups is 3. The van der Waals surface area contributed by atoms with Crippen LogP contribution in [0.2, 0.25) is 0 Å². The fourth-order valence-corrected chi connectivity index (χ4v) is 6.38. The maximum atomic E-state index is 13.0. The Labute approximate surface area is 190 Å². The molecule has 0 spiro atoms. The number of imide groups is 1. The molecule has 0 aliphatic carbocycles. The van der Waals surface area contributed by atoms with Gasteiger partial charge in [0.15, 0.2) is 0 Å². The monoisotopic (exact) mass is 453 g/mol. The van der Waals surface area contributed by atoms with Gasteiger partial charge in [-0.25, -0.2) is 10.0 Å². The van der Waals surface area contributed by atoms with Crippen LogP contribution in [0.25, 0.3) is 0 Å². The second kappa shape index (κ2) is 7.58. The molecule has 0 atom stereocenters. The molecular formula is C24H28BNO5S. The summed E-state index contributed by atoms with van der Waals surface area (Å²) in [7, 11) is -2.45. The van der Waals surface area contributed by atoms with E-state index < -0.39 is 28.3 Å². The zero-order valence-electron chi connectivity index (χ0n) is 19.3. The predicted octanol–water partition coefficient (Wildman–Crippen LogP) is 3.48. The van der Waals surface area contributed by atoms with Crippen molar-refractivity contribution in [3.63, 3.8) is 0 Å². The molecule has 2 amide bonds. The van der Waals surface area contributed by atoms with Crippen LogP contribution in [-0.4, -0.2) is 59.7 Å². The van der Waals surface area contributed by atoms with E-state index in [1.165, 1.54) is 4.90 Å². The molecule has 32 heavy (non-hydrogen) atoms. The number of amides is 2. The fraction of sp³-hybridized carbons (Fsp3) is 0.375. The maximum Gasteiger partial charge on any atom is 0.496 e. The molecule has 2 aromatic carbocycles. The van der Waals surface area contributed by atoms with E-state index in [4.69, 9.17) is 9.31 Å². The lowest BCUT2D eigenvalue weighted by Gasteiger charge is -2.37. The molecular weight excluding hydrogens is 425 g/mol. The molecule has 2 aliphatic rings. The Bertz CT molecular complexity index is 1080. The lowest BCUT2D eigenvalue weighted by Crippen LogP contribution is -2.41. The van der Waals surface area contributed by atoms with Crippen molar-refractivity contribution in [2.24, 2.45) is 0 Å². The molecule has 0 N–H and O–H groups in total. The summed E-state index contributed by atoms with van der Waals surface area (Å²) in [6, 6.07) is 12.4. The number of nitrogens with zero attached hydrogens (tertiary/aromatic N) is 1. The number of hydrogen-bond donors (Lipinski definition) is 0. The second-order valence-corrected chi connectivity index (χ2v) is 13.5. The third kappa shape index (κ3) is 3.50. The molecule has 2 aliphatic heterocycles. The van der Waals surface area contributed by atoms with E-state index in [1.54, 1.807) is 30.3 Å². The second-order valence-electron chi connectivity index (χ2n) is 9.72. The van der Waals surface area contributed by atoms with Gasteiger partial charge in [0.1, 0.15) is 6.29 Å². The van der Waals surface area contributed by atoms with Crippen molar-refractivity contribution in [2.45, 2.75) is 43.8 Å². The summed E-state index contributed by atoms with van der Waals surface area (Å²) in [5, 5.41) is 0. The molecule has 2 heterocycles. The first-order valence-corrected chi connectivity index (χ1v) is 13.1. The quantitative estimate of drug-likeness (QED) is 0.394. The molecule has 1 saturated heterocycles. The van der Waals surface area contributed by atoms with Gasteiger partial charge in [0, 0.05) is 11.0 Å². The van der Waals surface area contributed by atoms with Crippen molar-refractivity contribution in [3.05, 3.63) is 59.2 Å². The van der Waals surface area contributed by atoms with Crippen molar-refractivity contribution in [3.8, 4) is 0 Å². The standard InChI is InChI=1S/C24H28BNO5S/c1-23(2)24(3,4)31-25(30-23)20-16(14-27)10-9-13-19(20)32(5,6)15-26-21(28)17-11-7-8-12-18(17)22(26)29/h7-14H,15H2,1-6H3. The Morgan fingerprint density at radius 3 is 1.94 bits per heavy atom. The van der Waals surface area contributed by atoms with E-state index in [2.05, 4.69) is 0 Å². The number of carbonyl (C=O) groups excluding carboxylic acids is 3. The van der Waals surface area contributed by atoms with Gasteiger partial charge in [0.25, 0.3) is 11.8 Å². The minimum Gasteiger partial charge on any atom is -0.399 e. The van der Waals surface area contributed by atoms with Crippen LogP contribution < -0.4 is 5.46 Å². The van der Waals surface area contributed by atoms with E-state index in [0.717, 1.165) is 11.2 Å². The molecule has 0 aromatic heterocycles. The average Bonchev–Trinajstić information content (AvgIpc) is 3.10. The zero-order chi connectivity index (χ0) is 23.5. The van der Waals surface area contributed by atoms with Crippen LogP contribution in [-0.2, 0) is 9.31 Å². The van der Waals surface area contributed by atoms with Gasteiger partial charge in [-0.1, -0.05) is 30.3 Å². The molecule has 6 nitrogen and oxygen atoms in total. The number of hydrogen-bond acceptors (Lipinski definition) is 5. The zero-order valence-corrected chi connectivity index (χ0v) is 20.1. The molecule has 0 saturated carbocycles. The van der Waals surface area contributed by atoms with Crippen LogP contribution in [0.15, 0.2) is 47.4 Å². The average molecular weight is 453 g/mol. The Hall–Kier alpha value is -2.42. The summed E-state index contributed by atoms with van der Waals surface area (Å²) >= 11 is 0. The third-order valence-electron chi connectivity index (χ3n) is 6.64. The van der Waals surface area contributed by atoms with Crippen LogP contribution in [0.4, 0.5) is 0 Å². The van der Waals surface area contributed by atoms with Gasteiger partial charge in [0.05, 0.1) is 28.2 Å². The largest absolute Gasteiger partial charge is 0.496 e. The van der Waals surface area contributed by atoms with Crippen LogP contribution >= 0.6 is 10.0 Å². The van der Waals surface area contributed by atoms with Crippen molar-refractivity contribution >= 4 is 40.7 Å². The van der Waals surface area contributed by atoms with E-state index in [1.807, 2.05) is 52.3 Å². The van der Waals surface area contributed by atoms with E-state index in [9.17, 15) is 14.4 Å². The van der Waals surface area contributed by atoms with Crippen LogP contribution in [0.1, 0.15) is 58.8 Å². The van der Waals surface area contributed by atoms with Gasteiger partial charge in [-0.3, -0.25) is 19.3 Å². The van der Waals surface area contributed by atoms with E-state index in [0.29, 0.717) is 22.2 Å². The fourth-order valence-electron chi connectivity index (χ4n) is 4.11. The van der Waals surface area contributed by atoms with Gasteiger partial charge in [-0.05, 0) is 57.2 Å². The summed E-state index contributed by atoms with van der Waals surface area (Å²) in [4.78, 5) is 40.1. The molecule has 0 bridgehead atoms. The highest BCUT2D eigenvalue weighted by molar-refractivity contribution is 8.32.